The number of para-hydroxylation sites is 1. The van der Waals surface area contributed by atoms with E-state index in [0.717, 1.165) is 30.2 Å². The summed E-state index contributed by atoms with van der Waals surface area (Å²) in [5.74, 6) is 0.246. The van der Waals surface area contributed by atoms with E-state index in [1.54, 1.807) is 27.8 Å². The molecular weight excluding hydrogens is 608 g/mol. The molecule has 1 unspecified atom stereocenters. The fourth-order valence-corrected chi connectivity index (χ4v) is 6.37. The number of halogens is 1. The fourth-order valence-electron chi connectivity index (χ4n) is 5.67. The van der Waals surface area contributed by atoms with Crippen molar-refractivity contribution in [1.29, 1.82) is 5.26 Å². The van der Waals surface area contributed by atoms with E-state index >= 15 is 4.39 Å². The summed E-state index contributed by atoms with van der Waals surface area (Å²) in [6.45, 7) is 4.89. The number of aromatic nitrogens is 4. The van der Waals surface area contributed by atoms with Crippen LogP contribution in [0.3, 0.4) is 0 Å². The van der Waals surface area contributed by atoms with Crippen molar-refractivity contribution in [3.8, 4) is 28.8 Å². The Balaban J connectivity index is 1.28. The van der Waals surface area contributed by atoms with Gasteiger partial charge in [0.15, 0.2) is 0 Å². The van der Waals surface area contributed by atoms with Crippen LogP contribution in [0.1, 0.15) is 39.5 Å². The van der Waals surface area contributed by atoms with Crippen molar-refractivity contribution in [2.24, 2.45) is 0 Å². The third kappa shape index (κ3) is 6.34. The van der Waals surface area contributed by atoms with Crippen LogP contribution in [0.15, 0.2) is 66.5 Å². The van der Waals surface area contributed by atoms with Gasteiger partial charge < -0.3 is 0 Å². The van der Waals surface area contributed by atoms with Gasteiger partial charge in [-0.25, -0.2) is 0 Å². The molecule has 1 N–H and O–H groups in total. The van der Waals surface area contributed by atoms with Crippen molar-refractivity contribution in [3.63, 3.8) is 0 Å². The van der Waals surface area contributed by atoms with Crippen LogP contribution < -0.4 is 14.5 Å². The molecule has 1 amide bonds. The van der Waals surface area contributed by atoms with Crippen molar-refractivity contribution in [3.05, 3.63) is 72.3 Å². The summed E-state index contributed by atoms with van der Waals surface area (Å²) < 4.78 is 23.9. The third-order valence-electron chi connectivity index (χ3n) is 7.76. The predicted octanol–water partition coefficient (Wildman–Crippen LogP) is 3.65. The van der Waals surface area contributed by atoms with Crippen LogP contribution in [0.4, 0.5) is 4.39 Å². The summed E-state index contributed by atoms with van der Waals surface area (Å²) in [5.41, 5.74) is 1.01. The molecule has 43 heavy (non-hydrogen) atoms. The number of fused-ring (bicyclic) bond motifs is 1. The normalized spacial score (nSPS) is 17.3. The van der Waals surface area contributed by atoms with Crippen LogP contribution in [-0.2, 0) is 11.3 Å². The minimum atomic E-state index is -0.473. The second kappa shape index (κ2) is 11.9. The van der Waals surface area contributed by atoms with Gasteiger partial charge in [0, 0.05) is 6.04 Å². The minimum absolute atomic E-state index is 0.136. The third-order valence-corrected chi connectivity index (χ3v) is 8.68. The number of carbonyl (C=O) groups excluding carboxylic acids is 1. The van der Waals surface area contributed by atoms with Crippen LogP contribution >= 0.6 is 0 Å². The van der Waals surface area contributed by atoms with E-state index in [2.05, 4.69) is 21.4 Å². The Kier molecular flexibility index (Phi) is 8.04. The second-order valence-electron chi connectivity index (χ2n) is 11.6. The summed E-state index contributed by atoms with van der Waals surface area (Å²) in [5, 5.41) is 18.9. The van der Waals surface area contributed by atoms with Crippen LogP contribution in [-0.4, -0.2) is 71.6 Å². The number of ether oxygens (including phenoxy) is 1. The van der Waals surface area contributed by atoms with Gasteiger partial charge in [-0.1, -0.05) is 0 Å². The van der Waals surface area contributed by atoms with Crippen molar-refractivity contribution in [2.75, 3.05) is 6.54 Å². The Morgan fingerprint density at radius 3 is 2.70 bits per heavy atom. The molecule has 0 bridgehead atoms. The molecule has 1 saturated carbocycles. The molecule has 0 radical (unpaired) electrons. The van der Waals surface area contributed by atoms with Gasteiger partial charge in [-0.05, 0) is 12.8 Å². The molecule has 6 rings (SSSR count). The molecule has 9 nitrogen and oxygen atoms in total. The summed E-state index contributed by atoms with van der Waals surface area (Å²) in [6, 6.07) is 16.3. The SMILES string of the molecule is CC(C)(C=C(C#N)C(=O)N1CCC[C@H]1Cn1nc(-c2ccc(Oc3ccccc3)cc2F)c2c([AsH2])ncnc21)NC1CC1. The number of nitrogens with zero attached hydrogens (tertiary/aromatic N) is 6. The number of benzene rings is 2. The summed E-state index contributed by atoms with van der Waals surface area (Å²) in [7, 11) is 0. The Labute approximate surface area is 258 Å². The van der Waals surface area contributed by atoms with E-state index in [9.17, 15) is 10.1 Å². The Bertz CT molecular complexity index is 1740. The molecule has 1 aliphatic heterocycles. The average Bonchev–Trinajstić information content (AvgIpc) is 3.52. The van der Waals surface area contributed by atoms with Crippen molar-refractivity contribution in [1.82, 2.24) is 30.0 Å². The molecule has 2 atom stereocenters. The molecule has 1 aliphatic carbocycles. The molecule has 1 saturated heterocycles. The van der Waals surface area contributed by atoms with E-state index in [4.69, 9.17) is 9.84 Å². The summed E-state index contributed by atoms with van der Waals surface area (Å²) in [4.78, 5) is 24.3. The first-order valence-electron chi connectivity index (χ1n) is 14.4. The number of nitrogens with one attached hydrogen (secondary N) is 1. The van der Waals surface area contributed by atoms with Gasteiger partial charge in [-0.2, -0.15) is 0 Å². The zero-order valence-electron chi connectivity index (χ0n) is 24.1. The van der Waals surface area contributed by atoms with Crippen LogP contribution in [0.5, 0.6) is 11.5 Å². The van der Waals surface area contributed by atoms with Gasteiger partial charge in [0.2, 0.25) is 0 Å². The molecule has 2 aromatic carbocycles. The van der Waals surface area contributed by atoms with E-state index in [1.165, 1.54) is 29.2 Å². The van der Waals surface area contributed by atoms with Crippen LogP contribution in [0.25, 0.3) is 22.3 Å². The second-order valence-corrected chi connectivity index (χ2v) is 12.8. The van der Waals surface area contributed by atoms with Gasteiger partial charge in [0.05, 0.1) is 0 Å². The molecule has 2 aromatic heterocycles. The van der Waals surface area contributed by atoms with Crippen molar-refractivity contribution in [2.45, 2.75) is 63.7 Å². The van der Waals surface area contributed by atoms with Gasteiger partial charge >= 0.3 is 240 Å². The Hall–Kier alpha value is -4.06. The van der Waals surface area contributed by atoms with Gasteiger partial charge in [-0.15, -0.1) is 0 Å². The maximum absolute atomic E-state index is 15.6. The first kappa shape index (κ1) is 29.0. The van der Waals surface area contributed by atoms with Gasteiger partial charge in [0.25, 0.3) is 0 Å². The molecule has 220 valence electrons. The van der Waals surface area contributed by atoms with Crippen molar-refractivity contribution < 1.29 is 13.9 Å². The van der Waals surface area contributed by atoms with Gasteiger partial charge in [-0.3, -0.25) is 0 Å². The Morgan fingerprint density at radius 1 is 1.19 bits per heavy atom. The Morgan fingerprint density at radius 2 is 1.98 bits per heavy atom. The molecule has 11 heteroatoms. The maximum atomic E-state index is 15.6. The molecule has 3 heterocycles. The zero-order chi connectivity index (χ0) is 30.1. The van der Waals surface area contributed by atoms with Crippen LogP contribution in [0, 0.1) is 17.1 Å². The van der Waals surface area contributed by atoms with Gasteiger partial charge in [0.1, 0.15) is 0 Å². The zero-order valence-corrected chi connectivity index (χ0v) is 26.5. The first-order chi connectivity index (χ1) is 20.7. The molecule has 2 fully saturated rings. The van der Waals surface area contributed by atoms with E-state index in [0.29, 0.717) is 52.9 Å². The summed E-state index contributed by atoms with van der Waals surface area (Å²) >= 11 is 1.29. The molecule has 0 spiro atoms. The van der Waals surface area contributed by atoms with E-state index in [-0.39, 0.29) is 17.5 Å². The van der Waals surface area contributed by atoms with E-state index < -0.39 is 11.4 Å². The monoisotopic (exact) mass is 641 g/mol. The number of nitriles is 1. The molecular formula is C32H33AsFN7O2. The first-order valence-corrected chi connectivity index (χ1v) is 15.6. The topological polar surface area (TPSA) is 109 Å². The summed E-state index contributed by atoms with van der Waals surface area (Å²) in [6.07, 6.45) is 7.04. The number of hydrogen-bond acceptors (Lipinski definition) is 7. The molecule has 2 aliphatic rings. The number of rotatable bonds is 9. The average molecular weight is 642 g/mol. The standard InChI is InChI=1S/C32H33AsFN7O2/c1-32(2,38-21-10-11-21)16-20(17-35)31(42)40-14-6-7-22(40)18-41-30-27(29(33)36-19-37-30)28(39-41)25-13-12-24(15-26(25)34)43-23-8-4-3-5-9-23/h3-5,8-9,12-13,15-16,19,21-22,38H,6-7,10-11,14,18,33H2,1-2H3/t22-/m0/s1. The van der Waals surface area contributed by atoms with Crippen molar-refractivity contribution >= 4 is 38.3 Å². The quantitative estimate of drug-likeness (QED) is 0.169. The fraction of sp³-hybridized carbons (Fsp3) is 0.344. The minimum Gasteiger partial charge on any atom is -0.0363 e. The smallest absolute Gasteiger partial charge is 0.0363 e. The van der Waals surface area contributed by atoms with E-state index in [1.807, 2.05) is 44.2 Å². The predicted molar refractivity (Wildman–Crippen MR) is 164 cm³/mol. The number of likely N-dealkylation sites (tertiary alicyclic amines) is 1. The van der Waals surface area contributed by atoms with Crippen LogP contribution in [0.2, 0.25) is 0 Å². The number of amides is 1. The molecule has 4 aromatic rings. The number of hydrogen-bond donors (Lipinski definition) is 1. The number of carbonyl (C=O) groups is 1.